The number of Topliss-reactive ketones (excluding diaryl/α,β-unsaturated/α-hetero) is 2. The lowest BCUT2D eigenvalue weighted by Gasteiger charge is -2.35. The Morgan fingerprint density at radius 1 is 0.907 bits per heavy atom. The summed E-state index contributed by atoms with van der Waals surface area (Å²) < 4.78 is 50.8. The zero-order valence-corrected chi connectivity index (χ0v) is 46.2. The second-order valence-electron chi connectivity index (χ2n) is 20.4. The molecule has 75 heavy (non-hydrogen) atoms. The number of rotatable bonds is 30. The third-order valence-corrected chi connectivity index (χ3v) is 14.1. The lowest BCUT2D eigenvalue weighted by Crippen LogP contribution is -2.50. The van der Waals surface area contributed by atoms with E-state index in [1.807, 2.05) is 70.2 Å². The van der Waals surface area contributed by atoms with Crippen molar-refractivity contribution in [3.63, 3.8) is 0 Å². The van der Waals surface area contributed by atoms with Gasteiger partial charge in [0, 0.05) is 63.0 Å². The Labute approximate surface area is 446 Å². The Morgan fingerprint density at radius 2 is 1.67 bits per heavy atom. The summed E-state index contributed by atoms with van der Waals surface area (Å²) in [4.78, 5) is 62.0. The molecule has 21 heteroatoms. The van der Waals surface area contributed by atoms with E-state index in [4.69, 9.17) is 33.2 Å². The van der Waals surface area contributed by atoms with Crippen LogP contribution in [0, 0.1) is 0 Å². The fourth-order valence-corrected chi connectivity index (χ4v) is 9.22. The topological polar surface area (TPSA) is 221 Å². The fourth-order valence-electron chi connectivity index (χ4n) is 8.70. The standard InChI is InChI=1S/C54H79N9O11S/c1-10-53(7,46(64)19-20-47(65)73-43(35-55-52(4,5)6)37-71-50-49(59-75-60-50)62-24-27-69-28-25-62)74-38(3)48(66)54(8,11-2)72-30-26-63(36-39-15-14-16-42(31-39)68-9)51(67)58-44-18-17-40(41-33-56-57-34-41)32-45(44)70-29-23-61-21-12-13-22-61/h14-18,31-34,38,43,55H,10-13,19-30,35-37H2,1-9H3,(H,56,57)(H,58,67)/t38?,43-,53?,54?/m0/s1. The summed E-state index contributed by atoms with van der Waals surface area (Å²) in [6.07, 6.45) is 4.27. The number of ketones is 2. The lowest BCUT2D eigenvalue weighted by molar-refractivity contribution is -0.171. The number of nitrogens with zero attached hydrogens (tertiary/aromatic N) is 6. The second kappa shape index (κ2) is 27.9. The fraction of sp³-hybridized carbons (Fsp3) is 0.611. The van der Waals surface area contributed by atoms with Gasteiger partial charge in [0.15, 0.2) is 11.6 Å². The molecule has 2 aliphatic heterocycles. The van der Waals surface area contributed by atoms with Gasteiger partial charge in [-0.05, 0) is 116 Å². The van der Waals surface area contributed by atoms with Gasteiger partial charge in [-0.3, -0.25) is 24.4 Å². The third-order valence-electron chi connectivity index (χ3n) is 13.6. The molecular formula is C54H79N9O11S. The number of likely N-dealkylation sites (tertiary alicyclic amines) is 1. The van der Waals surface area contributed by atoms with Crippen LogP contribution in [0.5, 0.6) is 17.4 Å². The number of nitrogens with one attached hydrogen (secondary N) is 3. The van der Waals surface area contributed by atoms with Crippen LogP contribution < -0.4 is 29.7 Å². The van der Waals surface area contributed by atoms with Crippen LogP contribution >= 0.6 is 11.7 Å². The smallest absolute Gasteiger partial charge is 0.322 e. The Bertz CT molecular complexity index is 2440. The third kappa shape index (κ3) is 17.4. The van der Waals surface area contributed by atoms with Crippen LogP contribution in [0.15, 0.2) is 54.9 Å². The molecule has 4 atom stereocenters. The first-order valence-electron chi connectivity index (χ1n) is 26.2. The monoisotopic (exact) mass is 1060 g/mol. The molecule has 6 rings (SSSR count). The molecule has 3 unspecified atom stereocenters. The number of H-pyrrole nitrogens is 1. The maximum absolute atomic E-state index is 14.4. The van der Waals surface area contributed by atoms with Gasteiger partial charge < -0.3 is 53.6 Å². The van der Waals surface area contributed by atoms with Crippen LogP contribution in [-0.2, 0) is 39.9 Å². The van der Waals surface area contributed by atoms with Gasteiger partial charge in [-0.25, -0.2) is 4.79 Å². The molecule has 0 spiro atoms. The number of esters is 1. The number of hydrogen-bond acceptors (Lipinski definition) is 18. The molecule has 2 fully saturated rings. The number of ether oxygens (including phenoxy) is 7. The highest BCUT2D eigenvalue weighted by Gasteiger charge is 2.42. The van der Waals surface area contributed by atoms with Crippen molar-refractivity contribution in [2.24, 2.45) is 0 Å². The van der Waals surface area contributed by atoms with Gasteiger partial charge in [0.25, 0.3) is 5.88 Å². The zero-order chi connectivity index (χ0) is 54.0. The molecule has 4 aromatic rings. The Morgan fingerprint density at radius 3 is 2.36 bits per heavy atom. The molecule has 3 N–H and O–H groups in total. The van der Waals surface area contributed by atoms with Gasteiger partial charge in [0.05, 0.1) is 57.0 Å². The Hall–Kier alpha value is -5.71. The van der Waals surface area contributed by atoms with E-state index >= 15 is 0 Å². The highest BCUT2D eigenvalue weighted by molar-refractivity contribution is 6.99. The molecule has 0 radical (unpaired) electrons. The first-order chi connectivity index (χ1) is 35.9. The number of amides is 2. The molecule has 4 heterocycles. The van der Waals surface area contributed by atoms with Crippen molar-refractivity contribution in [3.05, 3.63) is 60.4 Å². The molecule has 2 aromatic carbocycles. The predicted molar refractivity (Wildman–Crippen MR) is 287 cm³/mol. The molecule has 2 saturated heterocycles. The lowest BCUT2D eigenvalue weighted by atomic mass is 9.91. The van der Waals surface area contributed by atoms with E-state index in [0.29, 0.717) is 68.3 Å². The summed E-state index contributed by atoms with van der Waals surface area (Å²) >= 11 is 1.04. The number of anilines is 2. The minimum absolute atomic E-state index is 0.00208. The second-order valence-corrected chi connectivity index (χ2v) is 20.9. The molecule has 20 nitrogen and oxygen atoms in total. The van der Waals surface area contributed by atoms with E-state index < -0.39 is 35.4 Å². The van der Waals surface area contributed by atoms with Gasteiger partial charge in [-0.1, -0.05) is 32.0 Å². The van der Waals surface area contributed by atoms with Crippen LogP contribution in [0.25, 0.3) is 11.1 Å². The van der Waals surface area contributed by atoms with Gasteiger partial charge in [-0.2, -0.15) is 9.47 Å². The molecule has 0 saturated carbocycles. The van der Waals surface area contributed by atoms with Crippen molar-refractivity contribution in [1.82, 2.24) is 34.1 Å². The SMILES string of the molecule is CCC(C)(OC(C)C(=O)C(C)(CC)OCCN(Cc1cccc(OC)c1)C(=O)Nc1ccc(-c2cn[nH]c2)cc1OCCN1CCCC1)C(=O)CCC(=O)O[C@@H](CNC(C)(C)C)COc1nsnc1N1CCOCC1. The molecule has 2 aromatic heterocycles. The van der Waals surface area contributed by atoms with E-state index in [1.165, 1.54) is 12.8 Å². The number of hydrogen-bond donors (Lipinski definition) is 3. The van der Waals surface area contributed by atoms with Crippen molar-refractivity contribution >= 4 is 46.8 Å². The van der Waals surface area contributed by atoms with E-state index in [0.717, 1.165) is 48.1 Å². The van der Waals surface area contributed by atoms with Crippen LogP contribution in [0.2, 0.25) is 0 Å². The van der Waals surface area contributed by atoms with Gasteiger partial charge >= 0.3 is 12.0 Å². The number of methoxy groups -OCH3 is 1. The maximum Gasteiger partial charge on any atom is 0.322 e. The number of aromatic nitrogens is 4. The van der Waals surface area contributed by atoms with Gasteiger partial charge in [-0.15, -0.1) is 4.37 Å². The molecular weight excluding hydrogens is 983 g/mol. The Kier molecular flexibility index (Phi) is 21.8. The average Bonchev–Trinajstić information content (AvgIpc) is 4.24. The summed E-state index contributed by atoms with van der Waals surface area (Å²) in [6.45, 7) is 21.0. The van der Waals surface area contributed by atoms with Crippen molar-refractivity contribution in [1.29, 1.82) is 0 Å². The summed E-state index contributed by atoms with van der Waals surface area (Å²) in [5, 5.41) is 13.4. The highest BCUT2D eigenvalue weighted by atomic mass is 32.1. The number of carbonyl (C=O) groups is 4. The van der Waals surface area contributed by atoms with E-state index in [1.54, 1.807) is 52.1 Å². The van der Waals surface area contributed by atoms with Gasteiger partial charge in [0.2, 0.25) is 5.82 Å². The minimum atomic E-state index is -1.40. The zero-order valence-electron chi connectivity index (χ0n) is 45.4. The average molecular weight is 1060 g/mol. The molecule has 0 bridgehead atoms. The van der Waals surface area contributed by atoms with E-state index in [-0.39, 0.29) is 69.1 Å². The summed E-state index contributed by atoms with van der Waals surface area (Å²) in [7, 11) is 1.59. The summed E-state index contributed by atoms with van der Waals surface area (Å²) in [5.74, 6) is 0.867. The van der Waals surface area contributed by atoms with E-state index in [9.17, 15) is 19.2 Å². The normalized spacial score (nSPS) is 16.6. The number of morpholine rings is 1. The Balaban J connectivity index is 1.06. The van der Waals surface area contributed by atoms with Crippen LogP contribution in [0.4, 0.5) is 16.3 Å². The number of benzene rings is 2. The van der Waals surface area contributed by atoms with Crippen molar-refractivity contribution in [2.75, 3.05) is 96.2 Å². The first kappa shape index (κ1) is 58.5. The number of carbonyl (C=O) groups excluding carboxylic acids is 4. The molecule has 0 aliphatic carbocycles. The molecule has 2 amide bonds. The van der Waals surface area contributed by atoms with Crippen molar-refractivity contribution < 1.29 is 52.3 Å². The summed E-state index contributed by atoms with van der Waals surface area (Å²) in [6, 6.07) is 12.7. The highest BCUT2D eigenvalue weighted by Crippen LogP contribution is 2.33. The van der Waals surface area contributed by atoms with Crippen molar-refractivity contribution in [2.45, 2.75) is 129 Å². The van der Waals surface area contributed by atoms with Gasteiger partial charge in [0.1, 0.15) is 48.1 Å². The molecule has 2 aliphatic rings. The predicted octanol–water partition coefficient (Wildman–Crippen LogP) is 7.34. The van der Waals surface area contributed by atoms with E-state index in [2.05, 4.69) is 39.4 Å². The van der Waals surface area contributed by atoms with Crippen LogP contribution in [0.3, 0.4) is 0 Å². The van der Waals surface area contributed by atoms with Crippen LogP contribution in [-0.4, -0.2) is 167 Å². The molecule has 412 valence electrons. The number of aromatic amines is 1. The summed E-state index contributed by atoms with van der Waals surface area (Å²) in [5.41, 5.74) is 0.0794. The first-order valence-corrected chi connectivity index (χ1v) is 26.9. The maximum atomic E-state index is 14.4. The van der Waals surface area contributed by atoms with Crippen LogP contribution in [0.1, 0.15) is 99.5 Å². The number of urea groups is 1. The minimum Gasteiger partial charge on any atom is -0.497 e. The quantitative estimate of drug-likeness (QED) is 0.0435. The van der Waals surface area contributed by atoms with Crippen molar-refractivity contribution in [3.8, 4) is 28.5 Å². The largest absolute Gasteiger partial charge is 0.497 e.